The van der Waals surface area contributed by atoms with E-state index in [0.717, 1.165) is 5.56 Å². The summed E-state index contributed by atoms with van der Waals surface area (Å²) in [5.74, 6) is 1.19. The third-order valence-electron chi connectivity index (χ3n) is 4.33. The standard InChI is InChI=1S/C22H19N3O/c1-4-10-17(11-5-1)21(18-12-6-2-7-13-18)23-16-20-24-25-22(26-20)19-14-8-3-9-15-19/h1-15,21,23H,16H2/p+1. The van der Waals surface area contributed by atoms with E-state index in [0.29, 0.717) is 18.3 Å². The summed E-state index contributed by atoms with van der Waals surface area (Å²) >= 11 is 0. The summed E-state index contributed by atoms with van der Waals surface area (Å²) in [6, 6.07) is 31.0. The molecule has 0 amide bonds. The molecule has 4 nitrogen and oxygen atoms in total. The van der Waals surface area contributed by atoms with Crippen LogP contribution in [0.1, 0.15) is 23.1 Å². The number of hydrogen-bond donors (Lipinski definition) is 1. The Morgan fingerprint density at radius 2 is 1.23 bits per heavy atom. The molecule has 1 aromatic heterocycles. The first-order chi connectivity index (χ1) is 12.9. The minimum atomic E-state index is 0.185. The maximum atomic E-state index is 5.84. The number of quaternary nitrogens is 1. The van der Waals surface area contributed by atoms with Crippen LogP contribution in [-0.2, 0) is 6.54 Å². The van der Waals surface area contributed by atoms with E-state index in [4.69, 9.17) is 4.42 Å². The van der Waals surface area contributed by atoms with Crippen molar-refractivity contribution in [1.82, 2.24) is 10.2 Å². The Hall–Kier alpha value is -3.24. The van der Waals surface area contributed by atoms with Gasteiger partial charge < -0.3 is 9.73 Å². The molecule has 0 fully saturated rings. The van der Waals surface area contributed by atoms with Crippen LogP contribution in [0.2, 0.25) is 0 Å². The number of benzene rings is 3. The zero-order valence-corrected chi connectivity index (χ0v) is 14.3. The molecular weight excluding hydrogens is 322 g/mol. The number of rotatable bonds is 6. The minimum absolute atomic E-state index is 0.185. The van der Waals surface area contributed by atoms with Gasteiger partial charge in [0.05, 0.1) is 0 Å². The number of hydrogen-bond acceptors (Lipinski definition) is 3. The molecule has 0 saturated carbocycles. The second-order valence-electron chi connectivity index (χ2n) is 6.11. The van der Waals surface area contributed by atoms with Crippen molar-refractivity contribution in [3.05, 3.63) is 108 Å². The van der Waals surface area contributed by atoms with E-state index < -0.39 is 0 Å². The van der Waals surface area contributed by atoms with Crippen LogP contribution in [0.3, 0.4) is 0 Å². The highest BCUT2D eigenvalue weighted by Gasteiger charge is 2.19. The van der Waals surface area contributed by atoms with Gasteiger partial charge in [-0.1, -0.05) is 78.9 Å². The first kappa shape index (κ1) is 16.2. The van der Waals surface area contributed by atoms with Crippen LogP contribution < -0.4 is 5.32 Å². The van der Waals surface area contributed by atoms with Crippen molar-refractivity contribution >= 4 is 0 Å². The van der Waals surface area contributed by atoms with Crippen molar-refractivity contribution < 1.29 is 9.73 Å². The third-order valence-corrected chi connectivity index (χ3v) is 4.33. The predicted molar refractivity (Wildman–Crippen MR) is 100 cm³/mol. The zero-order chi connectivity index (χ0) is 17.6. The zero-order valence-electron chi connectivity index (χ0n) is 14.3. The molecule has 128 valence electrons. The molecule has 4 rings (SSSR count). The second-order valence-corrected chi connectivity index (χ2v) is 6.11. The lowest BCUT2D eigenvalue weighted by atomic mass is 9.99. The quantitative estimate of drug-likeness (QED) is 0.582. The van der Waals surface area contributed by atoms with Gasteiger partial charge in [0.2, 0.25) is 5.89 Å². The van der Waals surface area contributed by atoms with Crippen molar-refractivity contribution in [2.75, 3.05) is 0 Å². The van der Waals surface area contributed by atoms with Crippen LogP contribution in [0.25, 0.3) is 11.5 Å². The summed E-state index contributed by atoms with van der Waals surface area (Å²) in [6.45, 7) is 0.619. The molecular formula is C22H20N3O+. The van der Waals surface area contributed by atoms with Crippen molar-refractivity contribution in [3.63, 3.8) is 0 Å². The Balaban J connectivity index is 1.53. The van der Waals surface area contributed by atoms with E-state index in [-0.39, 0.29) is 6.04 Å². The smallest absolute Gasteiger partial charge is 0.271 e. The van der Waals surface area contributed by atoms with Gasteiger partial charge in [0.15, 0.2) is 6.54 Å². The molecule has 0 spiro atoms. The number of nitrogens with two attached hydrogens (primary N) is 1. The number of nitrogens with zero attached hydrogens (tertiary/aromatic N) is 2. The Morgan fingerprint density at radius 1 is 0.692 bits per heavy atom. The van der Waals surface area contributed by atoms with Gasteiger partial charge in [-0.15, -0.1) is 10.2 Å². The second kappa shape index (κ2) is 7.76. The van der Waals surface area contributed by atoms with Gasteiger partial charge in [-0.05, 0) is 12.1 Å². The molecule has 3 aromatic carbocycles. The highest BCUT2D eigenvalue weighted by Crippen LogP contribution is 2.19. The normalized spacial score (nSPS) is 11.0. The Morgan fingerprint density at radius 3 is 1.81 bits per heavy atom. The van der Waals surface area contributed by atoms with E-state index in [2.05, 4.69) is 64.0 Å². The highest BCUT2D eigenvalue weighted by atomic mass is 16.4. The van der Waals surface area contributed by atoms with Crippen molar-refractivity contribution in [3.8, 4) is 11.5 Å². The van der Waals surface area contributed by atoms with Gasteiger partial charge in [0.1, 0.15) is 6.04 Å². The van der Waals surface area contributed by atoms with E-state index in [1.807, 2.05) is 42.5 Å². The molecule has 0 radical (unpaired) electrons. The van der Waals surface area contributed by atoms with Crippen molar-refractivity contribution in [2.45, 2.75) is 12.6 Å². The topological polar surface area (TPSA) is 55.5 Å². The highest BCUT2D eigenvalue weighted by molar-refractivity contribution is 5.51. The molecule has 4 heteroatoms. The lowest BCUT2D eigenvalue weighted by Gasteiger charge is -2.15. The van der Waals surface area contributed by atoms with Crippen LogP contribution in [0.5, 0.6) is 0 Å². The maximum Gasteiger partial charge on any atom is 0.271 e. The Kier molecular flexibility index (Phi) is 4.85. The van der Waals surface area contributed by atoms with Crippen molar-refractivity contribution in [1.29, 1.82) is 0 Å². The van der Waals surface area contributed by atoms with E-state index in [1.54, 1.807) is 0 Å². The first-order valence-electron chi connectivity index (χ1n) is 8.71. The fourth-order valence-electron chi connectivity index (χ4n) is 3.04. The average molecular weight is 342 g/mol. The van der Waals surface area contributed by atoms with Gasteiger partial charge in [0, 0.05) is 16.7 Å². The van der Waals surface area contributed by atoms with Gasteiger partial charge in [-0.3, -0.25) is 0 Å². The predicted octanol–water partition coefficient (Wildman–Crippen LogP) is 3.59. The molecule has 1 heterocycles. The van der Waals surface area contributed by atoms with E-state index >= 15 is 0 Å². The molecule has 0 aliphatic rings. The summed E-state index contributed by atoms with van der Waals surface area (Å²) < 4.78 is 5.84. The summed E-state index contributed by atoms with van der Waals surface area (Å²) in [7, 11) is 0. The minimum Gasteiger partial charge on any atom is -0.415 e. The summed E-state index contributed by atoms with van der Waals surface area (Å²) in [5.41, 5.74) is 3.44. The van der Waals surface area contributed by atoms with Gasteiger partial charge >= 0.3 is 0 Å². The monoisotopic (exact) mass is 342 g/mol. The lowest BCUT2D eigenvalue weighted by Crippen LogP contribution is -2.84. The van der Waals surface area contributed by atoms with E-state index in [9.17, 15) is 0 Å². The van der Waals surface area contributed by atoms with Crippen molar-refractivity contribution in [2.24, 2.45) is 0 Å². The number of aromatic nitrogens is 2. The lowest BCUT2D eigenvalue weighted by molar-refractivity contribution is -0.704. The Labute approximate surface area is 152 Å². The summed E-state index contributed by atoms with van der Waals surface area (Å²) in [6.07, 6.45) is 0. The third kappa shape index (κ3) is 3.71. The van der Waals surface area contributed by atoms with Crippen LogP contribution in [0.4, 0.5) is 0 Å². The molecule has 0 aliphatic heterocycles. The fraction of sp³-hybridized carbons (Fsp3) is 0.0909. The largest absolute Gasteiger partial charge is 0.415 e. The molecule has 0 unspecified atom stereocenters. The van der Waals surface area contributed by atoms with E-state index in [1.165, 1.54) is 11.1 Å². The summed E-state index contributed by atoms with van der Waals surface area (Å²) in [5, 5.41) is 10.6. The molecule has 26 heavy (non-hydrogen) atoms. The van der Waals surface area contributed by atoms with Crippen LogP contribution in [0, 0.1) is 0 Å². The summed E-state index contributed by atoms with van der Waals surface area (Å²) in [4.78, 5) is 0. The maximum absolute atomic E-state index is 5.84. The molecule has 2 N–H and O–H groups in total. The van der Waals surface area contributed by atoms with Crippen LogP contribution in [0.15, 0.2) is 95.4 Å². The molecule has 0 aliphatic carbocycles. The van der Waals surface area contributed by atoms with Crippen LogP contribution in [-0.4, -0.2) is 10.2 Å². The SMILES string of the molecule is c1ccc(-c2nnc(C[NH2+]C(c3ccccc3)c3ccccc3)o2)cc1. The molecule has 4 aromatic rings. The van der Waals surface area contributed by atoms with Gasteiger partial charge in [-0.2, -0.15) is 0 Å². The van der Waals surface area contributed by atoms with Gasteiger partial charge in [-0.25, -0.2) is 0 Å². The fourth-order valence-corrected chi connectivity index (χ4v) is 3.04. The Bertz CT molecular complexity index is 897. The van der Waals surface area contributed by atoms with Crippen LogP contribution >= 0.6 is 0 Å². The molecule has 0 bridgehead atoms. The average Bonchev–Trinajstić information content (AvgIpc) is 3.20. The van der Waals surface area contributed by atoms with Gasteiger partial charge in [0.25, 0.3) is 5.89 Å². The molecule has 0 saturated heterocycles. The first-order valence-corrected chi connectivity index (χ1v) is 8.71. The molecule has 0 atom stereocenters.